The Morgan fingerprint density at radius 1 is 1.15 bits per heavy atom. The molecule has 2 aromatic carbocycles. The summed E-state index contributed by atoms with van der Waals surface area (Å²) in [4.78, 5) is 15.6. The van der Waals surface area contributed by atoms with Gasteiger partial charge in [0.25, 0.3) is 5.91 Å². The molecule has 1 aliphatic heterocycles. The van der Waals surface area contributed by atoms with Crippen molar-refractivity contribution in [1.29, 1.82) is 0 Å². The maximum atomic E-state index is 13.2. The number of amides is 1. The van der Waals surface area contributed by atoms with Crippen LogP contribution in [-0.2, 0) is 15.3 Å². The Morgan fingerprint density at radius 2 is 1.88 bits per heavy atom. The molecule has 1 saturated heterocycles. The largest absolute Gasteiger partial charge is 0.351 e. The molecule has 3 aromatic rings. The minimum atomic E-state index is -1.11. The van der Waals surface area contributed by atoms with Gasteiger partial charge >= 0.3 is 0 Å². The predicted octanol–water partition coefficient (Wildman–Crippen LogP) is 3.59. The minimum absolute atomic E-state index is 0.105. The van der Waals surface area contributed by atoms with Gasteiger partial charge in [-0.25, -0.2) is 4.39 Å². The number of rotatable bonds is 4. The van der Waals surface area contributed by atoms with Crippen LogP contribution in [0.25, 0.3) is 10.9 Å². The van der Waals surface area contributed by atoms with Gasteiger partial charge in [-0.05, 0) is 36.4 Å². The third kappa shape index (κ3) is 3.19. The zero-order valence-corrected chi connectivity index (χ0v) is 14.5. The highest BCUT2D eigenvalue weighted by atomic mass is 35.5. The van der Waals surface area contributed by atoms with Crippen LogP contribution in [0.15, 0.2) is 48.5 Å². The lowest BCUT2D eigenvalue weighted by Crippen LogP contribution is -2.41. The Bertz CT molecular complexity index is 949. The van der Waals surface area contributed by atoms with Crippen LogP contribution in [0.5, 0.6) is 0 Å². The van der Waals surface area contributed by atoms with E-state index in [1.807, 2.05) is 6.07 Å². The van der Waals surface area contributed by atoms with E-state index in [9.17, 15) is 9.18 Å². The average molecular weight is 375 g/mol. The van der Waals surface area contributed by atoms with Crippen molar-refractivity contribution in [2.75, 3.05) is 19.8 Å². The third-order valence-electron chi connectivity index (χ3n) is 4.35. The molecule has 1 aliphatic rings. The van der Waals surface area contributed by atoms with Gasteiger partial charge in [0.05, 0.1) is 19.8 Å². The van der Waals surface area contributed by atoms with E-state index in [2.05, 4.69) is 10.3 Å². The Hall–Kier alpha value is -2.41. The van der Waals surface area contributed by atoms with Crippen molar-refractivity contribution in [3.05, 3.63) is 70.6 Å². The van der Waals surface area contributed by atoms with Gasteiger partial charge in [-0.15, -0.1) is 0 Å². The molecule has 0 spiro atoms. The number of carbonyl (C=O) groups is 1. The zero-order chi connectivity index (χ0) is 18.1. The van der Waals surface area contributed by atoms with E-state index in [0.29, 0.717) is 29.5 Å². The van der Waals surface area contributed by atoms with E-state index >= 15 is 0 Å². The zero-order valence-electron chi connectivity index (χ0n) is 13.7. The van der Waals surface area contributed by atoms with E-state index in [-0.39, 0.29) is 18.3 Å². The molecule has 0 bridgehead atoms. The SMILES string of the molecule is O=C(NCC1(c2ccc(F)cc2)OCCO1)c1cc2cc(Cl)ccc2[nH]1. The van der Waals surface area contributed by atoms with Crippen LogP contribution >= 0.6 is 11.6 Å². The normalized spacial score (nSPS) is 16.1. The van der Waals surface area contributed by atoms with Crippen LogP contribution in [0.3, 0.4) is 0 Å². The highest BCUT2D eigenvalue weighted by molar-refractivity contribution is 6.31. The van der Waals surface area contributed by atoms with Crippen LogP contribution in [0.2, 0.25) is 5.02 Å². The summed E-state index contributed by atoms with van der Waals surface area (Å²) in [5.74, 6) is -1.75. The van der Waals surface area contributed by atoms with Crippen LogP contribution in [0.4, 0.5) is 4.39 Å². The van der Waals surface area contributed by atoms with Gasteiger partial charge in [-0.3, -0.25) is 4.79 Å². The molecule has 26 heavy (non-hydrogen) atoms. The lowest BCUT2D eigenvalue weighted by atomic mass is 10.1. The Balaban J connectivity index is 1.53. The van der Waals surface area contributed by atoms with Crippen molar-refractivity contribution in [3.63, 3.8) is 0 Å². The minimum Gasteiger partial charge on any atom is -0.351 e. The van der Waals surface area contributed by atoms with E-state index in [4.69, 9.17) is 21.1 Å². The summed E-state index contributed by atoms with van der Waals surface area (Å²) < 4.78 is 24.7. The van der Waals surface area contributed by atoms with Crippen molar-refractivity contribution in [1.82, 2.24) is 10.3 Å². The number of hydrogen-bond acceptors (Lipinski definition) is 3. The van der Waals surface area contributed by atoms with E-state index < -0.39 is 5.79 Å². The van der Waals surface area contributed by atoms with Gasteiger partial charge in [-0.2, -0.15) is 0 Å². The van der Waals surface area contributed by atoms with Crippen LogP contribution in [0, 0.1) is 5.82 Å². The first-order chi connectivity index (χ1) is 12.6. The second-order valence-corrected chi connectivity index (χ2v) is 6.49. The lowest BCUT2D eigenvalue weighted by molar-refractivity contribution is -0.160. The number of nitrogens with one attached hydrogen (secondary N) is 2. The summed E-state index contributed by atoms with van der Waals surface area (Å²) in [6, 6.07) is 13.0. The van der Waals surface area contributed by atoms with Crippen molar-refractivity contribution in [2.24, 2.45) is 0 Å². The highest BCUT2D eigenvalue weighted by Gasteiger charge is 2.39. The first-order valence-corrected chi connectivity index (χ1v) is 8.54. The summed E-state index contributed by atoms with van der Waals surface area (Å²) in [7, 11) is 0. The number of fused-ring (bicyclic) bond motifs is 1. The number of benzene rings is 2. The molecule has 1 fully saturated rings. The molecule has 1 aromatic heterocycles. The predicted molar refractivity (Wildman–Crippen MR) is 95.6 cm³/mol. The molecule has 7 heteroatoms. The topological polar surface area (TPSA) is 63.4 Å². The Labute approximate surface area is 154 Å². The number of H-pyrrole nitrogens is 1. The molecule has 5 nitrogen and oxygen atoms in total. The van der Waals surface area contributed by atoms with Gasteiger partial charge in [0, 0.05) is 21.5 Å². The first kappa shape index (κ1) is 17.0. The maximum Gasteiger partial charge on any atom is 0.267 e. The molecule has 2 N–H and O–H groups in total. The number of halogens is 2. The Kier molecular flexibility index (Phi) is 4.40. The van der Waals surface area contributed by atoms with Crippen molar-refractivity contribution >= 4 is 28.4 Å². The number of carbonyl (C=O) groups excluding carboxylic acids is 1. The molecule has 0 unspecified atom stereocenters. The van der Waals surface area contributed by atoms with E-state index in [1.165, 1.54) is 12.1 Å². The number of hydrogen-bond donors (Lipinski definition) is 2. The van der Waals surface area contributed by atoms with Crippen LogP contribution < -0.4 is 5.32 Å². The van der Waals surface area contributed by atoms with Crippen molar-refractivity contribution in [2.45, 2.75) is 5.79 Å². The molecule has 134 valence electrons. The molecule has 0 atom stereocenters. The molecular formula is C19H16ClFN2O3. The lowest BCUT2D eigenvalue weighted by Gasteiger charge is -2.28. The van der Waals surface area contributed by atoms with Gasteiger partial charge in [0.1, 0.15) is 11.5 Å². The van der Waals surface area contributed by atoms with Gasteiger partial charge in [0.15, 0.2) is 0 Å². The van der Waals surface area contributed by atoms with Crippen LogP contribution in [0.1, 0.15) is 16.1 Å². The highest BCUT2D eigenvalue weighted by Crippen LogP contribution is 2.31. The fourth-order valence-electron chi connectivity index (χ4n) is 3.05. The molecule has 1 amide bonds. The molecular weight excluding hydrogens is 359 g/mol. The molecule has 4 rings (SSSR count). The fraction of sp³-hybridized carbons (Fsp3) is 0.211. The monoisotopic (exact) mass is 374 g/mol. The van der Waals surface area contributed by atoms with Gasteiger partial charge in [-0.1, -0.05) is 23.7 Å². The number of ether oxygens (including phenoxy) is 2. The van der Waals surface area contributed by atoms with E-state index in [1.54, 1.807) is 30.3 Å². The van der Waals surface area contributed by atoms with Crippen molar-refractivity contribution in [3.8, 4) is 0 Å². The average Bonchev–Trinajstić information content (AvgIpc) is 3.27. The summed E-state index contributed by atoms with van der Waals surface area (Å²) in [6.45, 7) is 0.907. The summed E-state index contributed by atoms with van der Waals surface area (Å²) >= 11 is 5.98. The Morgan fingerprint density at radius 3 is 2.62 bits per heavy atom. The van der Waals surface area contributed by atoms with Gasteiger partial charge in [0.2, 0.25) is 5.79 Å². The number of aromatic nitrogens is 1. The standard InChI is InChI=1S/C19H16ClFN2O3/c20-14-3-6-16-12(9-14)10-17(23-16)18(24)22-11-19(25-7-8-26-19)13-1-4-15(21)5-2-13/h1-6,9-10,23H,7-8,11H2,(H,22,24). The smallest absolute Gasteiger partial charge is 0.267 e. The molecule has 0 radical (unpaired) electrons. The molecule has 2 heterocycles. The number of aromatic amines is 1. The van der Waals surface area contributed by atoms with Gasteiger partial charge < -0.3 is 19.8 Å². The second-order valence-electron chi connectivity index (χ2n) is 6.05. The first-order valence-electron chi connectivity index (χ1n) is 8.16. The van der Waals surface area contributed by atoms with Crippen molar-refractivity contribution < 1.29 is 18.7 Å². The summed E-state index contributed by atoms with van der Waals surface area (Å²) in [5.41, 5.74) is 1.89. The maximum absolute atomic E-state index is 13.2. The summed E-state index contributed by atoms with van der Waals surface area (Å²) in [6.07, 6.45) is 0. The quantitative estimate of drug-likeness (QED) is 0.733. The van der Waals surface area contributed by atoms with E-state index in [0.717, 1.165) is 10.9 Å². The molecule has 0 saturated carbocycles. The fourth-order valence-corrected chi connectivity index (χ4v) is 3.23. The second kappa shape index (κ2) is 6.72. The summed E-state index contributed by atoms with van der Waals surface area (Å²) in [5, 5.41) is 4.28. The third-order valence-corrected chi connectivity index (χ3v) is 4.58. The van der Waals surface area contributed by atoms with Crippen LogP contribution in [-0.4, -0.2) is 30.6 Å². The molecule has 0 aliphatic carbocycles.